The molecule has 0 heterocycles. The Bertz CT molecular complexity index is 425. The first kappa shape index (κ1) is 13.0. The summed E-state index contributed by atoms with van der Waals surface area (Å²) in [5, 5.41) is 9.83. The van der Waals surface area contributed by atoms with Gasteiger partial charge in [0.05, 0.1) is 0 Å². The molecule has 0 fully saturated rings. The van der Waals surface area contributed by atoms with Gasteiger partial charge in [0.1, 0.15) is 0 Å². The van der Waals surface area contributed by atoms with E-state index < -0.39 is 19.4 Å². The van der Waals surface area contributed by atoms with Crippen molar-refractivity contribution in [2.24, 2.45) is 0 Å². The van der Waals surface area contributed by atoms with E-state index in [1.807, 2.05) is 0 Å². The maximum atomic E-state index is 11.2. The molecule has 0 aliphatic rings. The van der Waals surface area contributed by atoms with Gasteiger partial charge in [-0.3, -0.25) is 4.79 Å². The zero-order valence-corrected chi connectivity index (χ0v) is 9.29. The van der Waals surface area contributed by atoms with Crippen LogP contribution in [0.25, 0.3) is 0 Å². The summed E-state index contributed by atoms with van der Waals surface area (Å²) in [5.74, 6) is -3.54. The molecule has 0 saturated heterocycles. The molecular weight excluding hydrogens is 235 g/mol. The number of benzene rings is 1. The molecule has 0 radical (unpaired) electrons. The number of ketones is 1. The molecule has 0 aliphatic heterocycles. The average molecular weight is 246 g/mol. The molecular formula is C9H11O6P. The highest BCUT2D eigenvalue weighted by Gasteiger charge is 2.42. The van der Waals surface area contributed by atoms with Gasteiger partial charge in [-0.15, -0.1) is 0 Å². The highest BCUT2D eigenvalue weighted by molar-refractivity contribution is 7.46. The number of rotatable bonds is 4. The number of carbonyl (C=O) groups is 1. The number of Topliss-reactive ketones (excluding diaryl/α,β-unsaturated/α-hetero) is 1. The molecule has 88 valence electrons. The van der Waals surface area contributed by atoms with Gasteiger partial charge >= 0.3 is 7.82 Å². The third-order valence-corrected chi connectivity index (χ3v) is 2.40. The molecule has 0 saturated carbocycles. The first-order chi connectivity index (χ1) is 7.26. The monoisotopic (exact) mass is 246 g/mol. The van der Waals surface area contributed by atoms with Crippen molar-refractivity contribution in [1.29, 1.82) is 0 Å². The Morgan fingerprint density at radius 2 is 1.81 bits per heavy atom. The number of phosphoric acid groups is 1. The highest BCUT2D eigenvalue weighted by Crippen LogP contribution is 2.44. The molecule has 1 atom stereocenters. The van der Waals surface area contributed by atoms with Crippen LogP contribution < -0.4 is 0 Å². The zero-order valence-electron chi connectivity index (χ0n) is 8.40. The van der Waals surface area contributed by atoms with Crippen LogP contribution in [0.15, 0.2) is 30.3 Å². The second-order valence-corrected chi connectivity index (χ2v) is 4.31. The Hall–Kier alpha value is -1.04. The van der Waals surface area contributed by atoms with E-state index in [4.69, 9.17) is 9.79 Å². The Kier molecular flexibility index (Phi) is 3.62. The van der Waals surface area contributed by atoms with Crippen molar-refractivity contribution in [1.82, 2.24) is 0 Å². The Morgan fingerprint density at radius 3 is 2.19 bits per heavy atom. The fourth-order valence-corrected chi connectivity index (χ4v) is 1.73. The average Bonchev–Trinajstić information content (AvgIpc) is 2.16. The predicted octanol–water partition coefficient (Wildman–Crippen LogP) is 0.530. The summed E-state index contributed by atoms with van der Waals surface area (Å²) in [5.41, 5.74) is -0.0363. The Balaban J connectivity index is 3.18. The van der Waals surface area contributed by atoms with E-state index in [2.05, 4.69) is 4.52 Å². The van der Waals surface area contributed by atoms with Crippen LogP contribution in [0, 0.1) is 0 Å². The fraction of sp³-hybridized carbons (Fsp3) is 0.222. The van der Waals surface area contributed by atoms with Crippen molar-refractivity contribution in [3.05, 3.63) is 35.9 Å². The van der Waals surface area contributed by atoms with Crippen LogP contribution in [0.4, 0.5) is 0 Å². The van der Waals surface area contributed by atoms with Crippen molar-refractivity contribution in [2.75, 3.05) is 0 Å². The number of carbonyl (C=O) groups excluding carboxylic acids is 1. The van der Waals surface area contributed by atoms with Gasteiger partial charge in [0.25, 0.3) is 5.79 Å². The van der Waals surface area contributed by atoms with E-state index >= 15 is 0 Å². The van der Waals surface area contributed by atoms with E-state index in [9.17, 15) is 14.5 Å². The molecule has 1 unspecified atom stereocenters. The first-order valence-electron chi connectivity index (χ1n) is 4.31. The van der Waals surface area contributed by atoms with Gasteiger partial charge in [0, 0.05) is 12.5 Å². The van der Waals surface area contributed by atoms with Gasteiger partial charge in [-0.05, 0) is 0 Å². The van der Waals surface area contributed by atoms with Crippen molar-refractivity contribution < 1.29 is 28.8 Å². The van der Waals surface area contributed by atoms with Gasteiger partial charge in [-0.2, -0.15) is 0 Å². The Labute approximate surface area is 91.7 Å². The normalized spacial score (nSPS) is 15.5. The molecule has 6 nitrogen and oxygen atoms in total. The van der Waals surface area contributed by atoms with E-state index in [1.54, 1.807) is 6.07 Å². The lowest BCUT2D eigenvalue weighted by Gasteiger charge is -2.25. The van der Waals surface area contributed by atoms with Gasteiger partial charge in [-0.1, -0.05) is 30.3 Å². The van der Waals surface area contributed by atoms with Crippen LogP contribution in [0.1, 0.15) is 12.5 Å². The maximum Gasteiger partial charge on any atom is 0.472 e. The molecule has 1 aromatic rings. The summed E-state index contributed by atoms with van der Waals surface area (Å²) in [6.45, 7) is 0.975. The van der Waals surface area contributed by atoms with Crippen LogP contribution >= 0.6 is 7.82 Å². The van der Waals surface area contributed by atoms with Gasteiger partial charge < -0.3 is 14.9 Å². The molecule has 3 N–H and O–H groups in total. The topological polar surface area (TPSA) is 104 Å². The summed E-state index contributed by atoms with van der Waals surface area (Å²) >= 11 is 0. The van der Waals surface area contributed by atoms with Crippen LogP contribution in [-0.4, -0.2) is 20.7 Å². The minimum atomic E-state index is -4.98. The standard InChI is InChI=1S/C9H11O6P/c1-7(10)9(11,15-16(12,13)14)8-5-3-2-4-6-8/h2-6,11H,1H3,(H2,12,13,14). The second kappa shape index (κ2) is 4.45. The van der Waals surface area contributed by atoms with Crippen LogP contribution in [0.5, 0.6) is 0 Å². The quantitative estimate of drug-likeness (QED) is 0.528. The molecule has 7 heteroatoms. The van der Waals surface area contributed by atoms with E-state index in [1.165, 1.54) is 24.3 Å². The predicted molar refractivity (Wildman–Crippen MR) is 54.1 cm³/mol. The minimum absolute atomic E-state index is 0.0363. The number of aliphatic hydroxyl groups is 1. The smallest absolute Gasteiger partial charge is 0.356 e. The summed E-state index contributed by atoms with van der Waals surface area (Å²) in [6, 6.07) is 7.30. The van der Waals surface area contributed by atoms with E-state index in [0.29, 0.717) is 0 Å². The lowest BCUT2D eigenvalue weighted by atomic mass is 10.0. The van der Waals surface area contributed by atoms with Gasteiger partial charge in [0.15, 0.2) is 5.78 Å². The van der Waals surface area contributed by atoms with Crippen molar-refractivity contribution in [2.45, 2.75) is 12.7 Å². The van der Waals surface area contributed by atoms with E-state index in [-0.39, 0.29) is 5.56 Å². The number of hydrogen-bond acceptors (Lipinski definition) is 4. The fourth-order valence-electron chi connectivity index (χ4n) is 1.16. The van der Waals surface area contributed by atoms with E-state index in [0.717, 1.165) is 6.92 Å². The molecule has 16 heavy (non-hydrogen) atoms. The zero-order chi connectivity index (χ0) is 12.4. The second-order valence-electron chi connectivity index (χ2n) is 3.15. The summed E-state index contributed by atoms with van der Waals surface area (Å²) in [7, 11) is -4.98. The Morgan fingerprint density at radius 1 is 1.31 bits per heavy atom. The first-order valence-corrected chi connectivity index (χ1v) is 5.84. The van der Waals surface area contributed by atoms with Crippen LogP contribution in [0.3, 0.4) is 0 Å². The van der Waals surface area contributed by atoms with Gasteiger partial charge in [0.2, 0.25) is 0 Å². The van der Waals surface area contributed by atoms with Crippen molar-refractivity contribution in [3.8, 4) is 0 Å². The number of phosphoric ester groups is 1. The third-order valence-electron chi connectivity index (χ3n) is 1.89. The van der Waals surface area contributed by atoms with Crippen molar-refractivity contribution in [3.63, 3.8) is 0 Å². The molecule has 0 amide bonds. The molecule has 0 aromatic heterocycles. The highest BCUT2D eigenvalue weighted by atomic mass is 31.2. The number of hydrogen-bond donors (Lipinski definition) is 3. The third kappa shape index (κ3) is 2.98. The molecule has 0 spiro atoms. The molecule has 1 aromatic carbocycles. The lowest BCUT2D eigenvalue weighted by Crippen LogP contribution is -2.36. The summed E-state index contributed by atoms with van der Waals surface area (Å²) in [6.07, 6.45) is 0. The van der Waals surface area contributed by atoms with Gasteiger partial charge in [-0.25, -0.2) is 9.09 Å². The molecule has 0 aliphatic carbocycles. The molecule has 1 rings (SSSR count). The van der Waals surface area contributed by atoms with Crippen molar-refractivity contribution >= 4 is 13.6 Å². The summed E-state index contributed by atoms with van der Waals surface area (Å²) < 4.78 is 14.8. The van der Waals surface area contributed by atoms with Crippen LogP contribution in [-0.2, 0) is 19.7 Å². The largest absolute Gasteiger partial charge is 0.472 e. The van der Waals surface area contributed by atoms with Crippen LogP contribution in [0.2, 0.25) is 0 Å². The summed E-state index contributed by atoms with van der Waals surface area (Å²) in [4.78, 5) is 28.5. The maximum absolute atomic E-state index is 11.2. The minimum Gasteiger partial charge on any atom is -0.356 e. The molecule has 0 bridgehead atoms. The SMILES string of the molecule is CC(=O)C(O)(OP(=O)(O)O)c1ccccc1. The lowest BCUT2D eigenvalue weighted by molar-refractivity contribution is -0.179.